The first-order valence-corrected chi connectivity index (χ1v) is 11.1. The van der Waals surface area contributed by atoms with Crippen molar-refractivity contribution in [2.75, 3.05) is 14.1 Å². The molecule has 0 unspecified atom stereocenters. The van der Waals surface area contributed by atoms with Gasteiger partial charge in [0.2, 0.25) is 0 Å². The number of hydrogen-bond donors (Lipinski definition) is 1. The molecule has 1 N–H and O–H groups in total. The molecule has 0 saturated carbocycles. The van der Waals surface area contributed by atoms with Gasteiger partial charge in [0.1, 0.15) is 5.60 Å². The van der Waals surface area contributed by atoms with E-state index >= 15 is 0 Å². The number of rotatable bonds is 4. The summed E-state index contributed by atoms with van der Waals surface area (Å²) < 4.78 is 1.20. The molecule has 2 aliphatic heterocycles. The predicted molar refractivity (Wildman–Crippen MR) is 107 cm³/mol. The van der Waals surface area contributed by atoms with E-state index in [4.69, 9.17) is 0 Å². The van der Waals surface area contributed by atoms with Crippen molar-refractivity contribution in [1.29, 1.82) is 0 Å². The molecule has 0 radical (unpaired) electrons. The summed E-state index contributed by atoms with van der Waals surface area (Å²) in [4.78, 5) is 4.81. The average Bonchev–Trinajstić information content (AvgIpc) is 3.18. The monoisotopic (exact) mass is 455 g/mol. The van der Waals surface area contributed by atoms with Gasteiger partial charge in [0, 0.05) is 45.2 Å². The van der Waals surface area contributed by atoms with Crippen LogP contribution in [0.15, 0.2) is 24.3 Å². The summed E-state index contributed by atoms with van der Waals surface area (Å²) in [6.45, 7) is 4.27. The molecule has 5 heteroatoms. The van der Waals surface area contributed by atoms with Crippen LogP contribution in [0.5, 0.6) is 0 Å². The van der Waals surface area contributed by atoms with Crippen molar-refractivity contribution in [3.8, 4) is 0 Å². The molecule has 2 aromatic heterocycles. The first-order chi connectivity index (χ1) is 11.8. The van der Waals surface area contributed by atoms with Crippen molar-refractivity contribution in [3.63, 3.8) is 0 Å². The van der Waals surface area contributed by atoms with Gasteiger partial charge in [0.15, 0.2) is 0 Å². The first kappa shape index (κ1) is 20.5. The third-order valence-electron chi connectivity index (χ3n) is 6.81. The lowest BCUT2D eigenvalue weighted by Gasteiger charge is -2.45. The summed E-state index contributed by atoms with van der Waals surface area (Å²) in [7, 11) is 4.83. The van der Waals surface area contributed by atoms with Crippen molar-refractivity contribution < 1.29 is 26.6 Å². The maximum Gasteiger partial charge on any atom is 0.133 e. The van der Waals surface area contributed by atoms with E-state index in [9.17, 15) is 5.11 Å². The third kappa shape index (κ3) is 3.46. The second kappa shape index (κ2) is 7.32. The Labute approximate surface area is 176 Å². The van der Waals surface area contributed by atoms with E-state index in [-0.39, 0.29) is 17.0 Å². The van der Waals surface area contributed by atoms with Crippen molar-refractivity contribution in [2.45, 2.75) is 63.6 Å². The minimum atomic E-state index is -0.809. The second-order valence-corrected chi connectivity index (χ2v) is 11.3. The molecule has 0 aliphatic carbocycles. The number of piperidine rings is 1. The van der Waals surface area contributed by atoms with Gasteiger partial charge in [0.25, 0.3) is 0 Å². The Balaban J connectivity index is 0.00000196. The largest absolute Gasteiger partial charge is 1.00 e. The smallest absolute Gasteiger partial charge is 0.133 e. The van der Waals surface area contributed by atoms with E-state index in [0.29, 0.717) is 5.92 Å². The molecule has 4 rings (SSSR count). The topological polar surface area (TPSA) is 20.2 Å². The molecule has 144 valence electrons. The maximum atomic E-state index is 11.9. The van der Waals surface area contributed by atoms with E-state index in [1.165, 1.54) is 39.9 Å². The van der Waals surface area contributed by atoms with Gasteiger partial charge in [-0.25, -0.2) is 0 Å². The van der Waals surface area contributed by atoms with E-state index in [1.54, 1.807) is 22.7 Å². The Hall–Kier alpha value is -0.200. The summed E-state index contributed by atoms with van der Waals surface area (Å²) in [5.41, 5.74) is -0.809. The van der Waals surface area contributed by atoms with Crippen molar-refractivity contribution in [3.05, 3.63) is 43.8 Å². The summed E-state index contributed by atoms with van der Waals surface area (Å²) in [5, 5.41) is 11.9. The van der Waals surface area contributed by atoms with Gasteiger partial charge in [0.05, 0.1) is 26.2 Å². The lowest BCUT2D eigenvalue weighted by molar-refractivity contribution is -0.931. The van der Waals surface area contributed by atoms with Crippen LogP contribution in [0.2, 0.25) is 0 Å². The van der Waals surface area contributed by atoms with Crippen LogP contribution in [0.25, 0.3) is 0 Å². The molecular weight excluding hydrogens is 426 g/mol. The number of hydrogen-bond acceptors (Lipinski definition) is 3. The summed E-state index contributed by atoms with van der Waals surface area (Å²) in [6.07, 6.45) is 6.13. The van der Waals surface area contributed by atoms with Crippen LogP contribution in [-0.2, 0) is 5.60 Å². The second-order valence-electron chi connectivity index (χ2n) is 8.74. The number of thiophene rings is 2. The summed E-state index contributed by atoms with van der Waals surface area (Å²) in [5.74, 6) is 0.624. The van der Waals surface area contributed by atoms with Crippen LogP contribution < -0.4 is 17.0 Å². The summed E-state index contributed by atoms with van der Waals surface area (Å²) >= 11 is 3.51. The molecule has 2 nitrogen and oxygen atoms in total. The van der Waals surface area contributed by atoms with E-state index in [0.717, 1.165) is 28.3 Å². The van der Waals surface area contributed by atoms with Gasteiger partial charge in [-0.05, 0) is 50.5 Å². The molecule has 2 aliphatic rings. The Morgan fingerprint density at radius 2 is 1.42 bits per heavy atom. The van der Waals surface area contributed by atoms with Gasteiger partial charge in [-0.15, -0.1) is 22.7 Å². The zero-order valence-electron chi connectivity index (χ0n) is 16.2. The molecule has 0 aromatic carbocycles. The van der Waals surface area contributed by atoms with Crippen molar-refractivity contribution in [2.24, 2.45) is 5.92 Å². The van der Waals surface area contributed by atoms with Crippen LogP contribution in [-0.4, -0.2) is 35.8 Å². The van der Waals surface area contributed by atoms with Gasteiger partial charge in [-0.1, -0.05) is 0 Å². The number of aliphatic hydroxyl groups is 1. The minimum absolute atomic E-state index is 0. The summed E-state index contributed by atoms with van der Waals surface area (Å²) in [6, 6.07) is 10.1. The van der Waals surface area contributed by atoms with Crippen LogP contribution in [0, 0.1) is 19.8 Å². The number of fused-ring (bicyclic) bond motifs is 2. The number of quaternary nitrogens is 1. The molecule has 2 saturated heterocycles. The molecular formula is C21H30BrNOS2. The predicted octanol–water partition coefficient (Wildman–Crippen LogP) is 2.07. The van der Waals surface area contributed by atoms with Gasteiger partial charge >= 0.3 is 0 Å². The Kier molecular flexibility index (Phi) is 5.78. The Bertz CT molecular complexity index is 709. The number of halogens is 1. The molecule has 2 atom stereocenters. The molecule has 4 heterocycles. The SMILES string of the molecule is Cc1ccc(C(O)(CC2C[C@@H]3CC[C@@H](C2)[N+]3(C)C)c2ccc(C)s2)s1.[Br-]. The zero-order valence-corrected chi connectivity index (χ0v) is 19.4. The number of aryl methyl sites for hydroxylation is 2. The van der Waals surface area contributed by atoms with Crippen LogP contribution >= 0.6 is 22.7 Å². The Morgan fingerprint density at radius 3 is 1.81 bits per heavy atom. The highest BCUT2D eigenvalue weighted by Gasteiger charge is 2.50. The fraction of sp³-hybridized carbons (Fsp3) is 0.619. The highest BCUT2D eigenvalue weighted by atomic mass is 79.9. The normalized spacial score (nSPS) is 27.3. The highest BCUT2D eigenvalue weighted by molar-refractivity contribution is 7.13. The first-order valence-electron chi connectivity index (χ1n) is 9.48. The maximum absolute atomic E-state index is 11.9. The molecule has 2 fully saturated rings. The van der Waals surface area contributed by atoms with Crippen LogP contribution in [0.1, 0.15) is 51.6 Å². The van der Waals surface area contributed by atoms with E-state index in [1.807, 2.05) is 0 Å². The third-order valence-corrected chi connectivity index (χ3v) is 9.11. The number of nitrogens with zero attached hydrogens (tertiary/aromatic N) is 1. The van der Waals surface area contributed by atoms with E-state index < -0.39 is 5.60 Å². The Morgan fingerprint density at radius 1 is 0.962 bits per heavy atom. The standard InChI is InChI=1S/C21H30NOS2.BrH/c1-14-5-9-19(24-14)21(23,20-10-6-15(2)25-20)13-16-11-17-7-8-18(12-16)22(17,3)4;/h5-6,9-10,16-18,23H,7-8,11-13H2,1-4H3;1H/q+1;/p-1/t17-,18-;/m0./s1. The fourth-order valence-electron chi connectivity index (χ4n) is 5.21. The highest BCUT2D eigenvalue weighted by Crippen LogP contribution is 2.49. The van der Waals surface area contributed by atoms with Gasteiger partial charge in [-0.2, -0.15) is 0 Å². The van der Waals surface area contributed by atoms with E-state index in [2.05, 4.69) is 52.2 Å². The van der Waals surface area contributed by atoms with Crippen LogP contribution in [0.3, 0.4) is 0 Å². The molecule has 0 amide bonds. The van der Waals surface area contributed by atoms with Gasteiger partial charge in [-0.3, -0.25) is 0 Å². The molecule has 2 aromatic rings. The van der Waals surface area contributed by atoms with Crippen molar-refractivity contribution in [1.82, 2.24) is 0 Å². The average molecular weight is 457 g/mol. The van der Waals surface area contributed by atoms with Crippen molar-refractivity contribution >= 4 is 22.7 Å². The van der Waals surface area contributed by atoms with Crippen LogP contribution in [0.4, 0.5) is 0 Å². The quantitative estimate of drug-likeness (QED) is 0.699. The molecule has 2 bridgehead atoms. The molecule has 0 spiro atoms. The lowest BCUT2D eigenvalue weighted by atomic mass is 9.79. The fourth-order valence-corrected chi connectivity index (χ4v) is 7.24. The molecule has 26 heavy (non-hydrogen) atoms. The minimum Gasteiger partial charge on any atom is -1.00 e. The zero-order chi connectivity index (χ0) is 17.8. The van der Waals surface area contributed by atoms with Gasteiger partial charge < -0.3 is 26.6 Å². The lowest BCUT2D eigenvalue weighted by Crippen LogP contribution is -3.00.